The zero-order valence-electron chi connectivity index (χ0n) is 19.6. The van der Waals surface area contributed by atoms with Gasteiger partial charge in [-0.05, 0) is 50.4 Å². The van der Waals surface area contributed by atoms with Crippen LogP contribution in [0.15, 0.2) is 36.7 Å². The van der Waals surface area contributed by atoms with Gasteiger partial charge in [-0.15, -0.1) is 0 Å². The molecule has 7 nitrogen and oxygen atoms in total. The van der Waals surface area contributed by atoms with Crippen molar-refractivity contribution in [2.45, 2.75) is 57.3 Å². The SMILES string of the molecule is CN(CCC1CCC(=O)N1C1CC1)Cc1cn(Cc2ccc(F)cc2F)c2cnc(C(=O)O)cc12. The lowest BCUT2D eigenvalue weighted by Crippen LogP contribution is -2.37. The predicted octanol–water partition coefficient (Wildman–Crippen LogP) is 4.04. The standard InChI is InChI=1S/C26H28F2N4O3/c1-30(9-8-20-6-7-25(33)32(20)19-4-5-19)13-17-15-31(14-16-2-3-18(27)10-22(16)28)24-12-29-23(26(34)35)11-21(17)24/h2-3,10-12,15,19-20H,4-9,13-14H2,1H3,(H,34,35). The number of hydrogen-bond acceptors (Lipinski definition) is 4. The number of likely N-dealkylation sites (tertiary alicyclic amines) is 1. The quantitative estimate of drug-likeness (QED) is 0.498. The molecule has 3 heterocycles. The van der Waals surface area contributed by atoms with Crippen molar-refractivity contribution in [2.75, 3.05) is 13.6 Å². The molecule has 0 bridgehead atoms. The van der Waals surface area contributed by atoms with E-state index in [0.717, 1.165) is 49.2 Å². The Balaban J connectivity index is 1.36. The summed E-state index contributed by atoms with van der Waals surface area (Å²) in [6, 6.07) is 5.74. The second-order valence-corrected chi connectivity index (χ2v) is 9.66. The number of fused-ring (bicyclic) bond motifs is 1. The zero-order chi connectivity index (χ0) is 24.7. The van der Waals surface area contributed by atoms with Gasteiger partial charge in [0, 0.05) is 54.8 Å². The Morgan fingerprint density at radius 3 is 2.71 bits per heavy atom. The molecule has 1 aliphatic heterocycles. The summed E-state index contributed by atoms with van der Waals surface area (Å²) in [7, 11) is 2.00. The van der Waals surface area contributed by atoms with Gasteiger partial charge in [-0.3, -0.25) is 4.79 Å². The van der Waals surface area contributed by atoms with Crippen LogP contribution >= 0.6 is 0 Å². The topological polar surface area (TPSA) is 78.7 Å². The fraction of sp³-hybridized carbons (Fsp3) is 0.423. The van der Waals surface area contributed by atoms with Crippen LogP contribution in [0.2, 0.25) is 0 Å². The van der Waals surface area contributed by atoms with Crippen molar-refractivity contribution in [2.24, 2.45) is 0 Å². The highest BCUT2D eigenvalue weighted by Gasteiger charge is 2.40. The number of rotatable bonds is 9. The number of hydrogen-bond donors (Lipinski definition) is 1. The van der Waals surface area contributed by atoms with Crippen LogP contribution in [-0.4, -0.2) is 62.0 Å². The largest absolute Gasteiger partial charge is 0.477 e. The third-order valence-corrected chi connectivity index (χ3v) is 7.02. The Hall–Kier alpha value is -3.33. The number of pyridine rings is 1. The van der Waals surface area contributed by atoms with Crippen LogP contribution in [0.25, 0.3) is 10.9 Å². The van der Waals surface area contributed by atoms with Gasteiger partial charge in [0.1, 0.15) is 17.3 Å². The van der Waals surface area contributed by atoms with Gasteiger partial charge in [-0.25, -0.2) is 18.6 Å². The number of carboxylic acids is 1. The van der Waals surface area contributed by atoms with E-state index in [-0.39, 0.29) is 24.2 Å². The fourth-order valence-electron chi connectivity index (χ4n) is 5.11. The normalized spacial score (nSPS) is 18.2. The first-order valence-corrected chi connectivity index (χ1v) is 11.9. The molecule has 3 aromatic rings. The molecule has 1 unspecified atom stereocenters. The maximum absolute atomic E-state index is 14.3. The molecule has 1 aromatic carbocycles. The van der Waals surface area contributed by atoms with Crippen LogP contribution in [0.1, 0.15) is 53.7 Å². The molecule has 35 heavy (non-hydrogen) atoms. The maximum atomic E-state index is 14.3. The smallest absolute Gasteiger partial charge is 0.354 e. The fourth-order valence-corrected chi connectivity index (χ4v) is 5.11. The highest BCUT2D eigenvalue weighted by atomic mass is 19.1. The molecule has 1 amide bonds. The third kappa shape index (κ3) is 4.91. The van der Waals surface area contributed by atoms with Crippen LogP contribution in [-0.2, 0) is 17.9 Å². The average Bonchev–Trinajstić information content (AvgIpc) is 3.51. The molecule has 184 valence electrons. The van der Waals surface area contributed by atoms with Crippen molar-refractivity contribution in [3.8, 4) is 0 Å². The van der Waals surface area contributed by atoms with Crippen molar-refractivity contribution in [3.63, 3.8) is 0 Å². The molecule has 1 saturated heterocycles. The minimum Gasteiger partial charge on any atom is -0.477 e. The molecular formula is C26H28F2N4O3. The second-order valence-electron chi connectivity index (χ2n) is 9.66. The number of carbonyl (C=O) groups excluding carboxylic acids is 1. The van der Waals surface area contributed by atoms with Crippen LogP contribution in [0.5, 0.6) is 0 Å². The van der Waals surface area contributed by atoms with Gasteiger partial charge >= 0.3 is 5.97 Å². The molecule has 0 spiro atoms. The van der Waals surface area contributed by atoms with Crippen LogP contribution in [0.4, 0.5) is 8.78 Å². The summed E-state index contributed by atoms with van der Waals surface area (Å²) < 4.78 is 29.5. The Labute approximate surface area is 202 Å². The van der Waals surface area contributed by atoms with E-state index < -0.39 is 17.6 Å². The molecule has 1 atom stereocenters. The molecule has 1 saturated carbocycles. The lowest BCUT2D eigenvalue weighted by molar-refractivity contribution is -0.129. The number of carbonyl (C=O) groups is 2. The van der Waals surface area contributed by atoms with Gasteiger partial charge in [0.15, 0.2) is 0 Å². The van der Waals surface area contributed by atoms with Gasteiger partial charge in [0.05, 0.1) is 18.3 Å². The lowest BCUT2D eigenvalue weighted by atomic mass is 10.1. The lowest BCUT2D eigenvalue weighted by Gasteiger charge is -2.26. The van der Waals surface area contributed by atoms with Gasteiger partial charge in [0.25, 0.3) is 0 Å². The van der Waals surface area contributed by atoms with Gasteiger partial charge in [0.2, 0.25) is 5.91 Å². The molecule has 2 aromatic heterocycles. The molecule has 5 rings (SSSR count). The highest BCUT2D eigenvalue weighted by molar-refractivity contribution is 5.92. The molecule has 2 fully saturated rings. The van der Waals surface area contributed by atoms with Crippen molar-refractivity contribution in [1.29, 1.82) is 0 Å². The molecule has 2 aliphatic rings. The summed E-state index contributed by atoms with van der Waals surface area (Å²) in [5, 5.41) is 10.2. The molecule has 1 N–H and O–H groups in total. The van der Waals surface area contributed by atoms with E-state index in [2.05, 4.69) is 14.8 Å². The number of carboxylic acid groups (broad SMARTS) is 1. The maximum Gasteiger partial charge on any atom is 0.354 e. The second kappa shape index (κ2) is 9.37. The number of aromatic carboxylic acids is 1. The van der Waals surface area contributed by atoms with Crippen LogP contribution in [0, 0.1) is 11.6 Å². The minimum atomic E-state index is -1.12. The molecule has 0 radical (unpaired) electrons. The van der Waals surface area contributed by atoms with Crippen molar-refractivity contribution in [3.05, 3.63) is 65.1 Å². The van der Waals surface area contributed by atoms with Gasteiger partial charge in [-0.2, -0.15) is 0 Å². The predicted molar refractivity (Wildman–Crippen MR) is 126 cm³/mol. The first-order chi connectivity index (χ1) is 16.8. The highest BCUT2D eigenvalue weighted by Crippen LogP contribution is 2.35. The van der Waals surface area contributed by atoms with Crippen molar-refractivity contribution < 1.29 is 23.5 Å². The Bertz CT molecular complexity index is 1290. The molecular weight excluding hydrogens is 454 g/mol. The number of aromatic nitrogens is 2. The summed E-state index contributed by atoms with van der Waals surface area (Å²) in [5.74, 6) is -2.12. The Morgan fingerprint density at radius 1 is 1.20 bits per heavy atom. The number of halogens is 2. The molecule has 1 aliphatic carbocycles. The van der Waals surface area contributed by atoms with Crippen LogP contribution < -0.4 is 0 Å². The number of benzene rings is 1. The summed E-state index contributed by atoms with van der Waals surface area (Å²) in [5.41, 5.74) is 1.85. The summed E-state index contributed by atoms with van der Waals surface area (Å²) in [4.78, 5) is 32.0. The zero-order valence-corrected chi connectivity index (χ0v) is 19.6. The van der Waals surface area contributed by atoms with E-state index in [1.54, 1.807) is 6.07 Å². The number of nitrogens with zero attached hydrogens (tertiary/aromatic N) is 4. The van der Waals surface area contributed by atoms with Gasteiger partial charge < -0.3 is 19.5 Å². The molecule has 9 heteroatoms. The average molecular weight is 483 g/mol. The first-order valence-electron chi connectivity index (χ1n) is 11.9. The van der Waals surface area contributed by atoms with Gasteiger partial charge in [-0.1, -0.05) is 6.07 Å². The Kier molecular flexibility index (Phi) is 6.27. The van der Waals surface area contributed by atoms with E-state index in [1.807, 2.05) is 17.8 Å². The van der Waals surface area contributed by atoms with Crippen molar-refractivity contribution in [1.82, 2.24) is 19.4 Å². The number of amides is 1. The van der Waals surface area contributed by atoms with E-state index >= 15 is 0 Å². The summed E-state index contributed by atoms with van der Waals surface area (Å²) in [6.45, 7) is 1.51. The van der Waals surface area contributed by atoms with E-state index in [0.29, 0.717) is 30.1 Å². The van der Waals surface area contributed by atoms with Crippen LogP contribution in [0.3, 0.4) is 0 Å². The van der Waals surface area contributed by atoms with Crippen molar-refractivity contribution >= 4 is 22.8 Å². The third-order valence-electron chi connectivity index (χ3n) is 7.02. The van der Waals surface area contributed by atoms with E-state index in [1.165, 1.54) is 18.3 Å². The summed E-state index contributed by atoms with van der Waals surface area (Å²) >= 11 is 0. The summed E-state index contributed by atoms with van der Waals surface area (Å²) in [6.07, 6.45) is 8.00. The monoisotopic (exact) mass is 482 g/mol. The Morgan fingerprint density at radius 2 is 2.00 bits per heavy atom. The minimum absolute atomic E-state index is 0.0586. The van der Waals surface area contributed by atoms with E-state index in [4.69, 9.17) is 0 Å². The first kappa shape index (κ1) is 23.4. The van der Waals surface area contributed by atoms with E-state index in [9.17, 15) is 23.5 Å².